The topological polar surface area (TPSA) is 72.0 Å². The van der Waals surface area contributed by atoms with Gasteiger partial charge in [-0.2, -0.15) is 0 Å². The first kappa shape index (κ1) is 12.6. The molecule has 1 aromatic heterocycles. The Morgan fingerprint density at radius 2 is 2.35 bits per heavy atom. The van der Waals surface area contributed by atoms with E-state index in [2.05, 4.69) is 15.3 Å². The normalized spacial score (nSPS) is 22.6. The predicted octanol–water partition coefficient (Wildman–Crippen LogP) is 1.29. The van der Waals surface area contributed by atoms with Gasteiger partial charge < -0.3 is 5.32 Å². The highest BCUT2D eigenvalue weighted by molar-refractivity contribution is 7.91. The molecular weight excluding hydrogens is 262 g/mol. The van der Waals surface area contributed by atoms with Crippen molar-refractivity contribution in [2.45, 2.75) is 13.3 Å². The number of anilines is 1. The molecule has 1 aliphatic rings. The van der Waals surface area contributed by atoms with Crippen LogP contribution in [0.1, 0.15) is 12.0 Å². The van der Waals surface area contributed by atoms with Crippen LogP contribution in [0.4, 0.5) is 5.82 Å². The summed E-state index contributed by atoms with van der Waals surface area (Å²) >= 11 is 5.70. The van der Waals surface area contributed by atoms with Crippen molar-refractivity contribution in [3.63, 3.8) is 0 Å². The van der Waals surface area contributed by atoms with Gasteiger partial charge in [-0.25, -0.2) is 18.4 Å². The van der Waals surface area contributed by atoms with Crippen molar-refractivity contribution >= 4 is 27.3 Å². The van der Waals surface area contributed by atoms with Crippen LogP contribution in [0.2, 0.25) is 5.28 Å². The van der Waals surface area contributed by atoms with Crippen molar-refractivity contribution in [3.8, 4) is 0 Å². The van der Waals surface area contributed by atoms with Crippen LogP contribution in [0.25, 0.3) is 0 Å². The molecular formula is C10H14ClN3O2S. The van der Waals surface area contributed by atoms with Crippen LogP contribution in [-0.2, 0) is 9.84 Å². The van der Waals surface area contributed by atoms with Gasteiger partial charge in [0.1, 0.15) is 5.82 Å². The SMILES string of the molecule is Cc1cnc(Cl)nc1NCC1CCS(=O)(=O)C1. The largest absolute Gasteiger partial charge is 0.369 e. The molecule has 0 bridgehead atoms. The van der Waals surface area contributed by atoms with E-state index in [-0.39, 0.29) is 17.0 Å². The van der Waals surface area contributed by atoms with Crippen LogP contribution in [0, 0.1) is 12.8 Å². The van der Waals surface area contributed by atoms with E-state index in [1.165, 1.54) is 0 Å². The second kappa shape index (κ2) is 4.78. The van der Waals surface area contributed by atoms with Crippen molar-refractivity contribution in [2.75, 3.05) is 23.4 Å². The summed E-state index contributed by atoms with van der Waals surface area (Å²) in [6.45, 7) is 2.48. The van der Waals surface area contributed by atoms with Crippen LogP contribution in [0.3, 0.4) is 0 Å². The molecule has 17 heavy (non-hydrogen) atoms. The molecule has 1 aromatic rings. The van der Waals surface area contributed by atoms with Gasteiger partial charge in [0.25, 0.3) is 0 Å². The molecule has 2 heterocycles. The van der Waals surface area contributed by atoms with E-state index >= 15 is 0 Å². The summed E-state index contributed by atoms with van der Waals surface area (Å²) in [5, 5.41) is 3.33. The van der Waals surface area contributed by atoms with Crippen LogP contribution < -0.4 is 5.32 Å². The lowest BCUT2D eigenvalue weighted by Crippen LogP contribution is -2.17. The molecule has 5 nitrogen and oxygen atoms in total. The molecule has 0 amide bonds. The number of aromatic nitrogens is 2. The summed E-state index contributed by atoms with van der Waals surface area (Å²) in [5.74, 6) is 1.39. The molecule has 7 heteroatoms. The molecule has 1 atom stereocenters. The highest BCUT2D eigenvalue weighted by Crippen LogP contribution is 2.20. The Balaban J connectivity index is 1.97. The van der Waals surface area contributed by atoms with E-state index in [0.29, 0.717) is 24.5 Å². The van der Waals surface area contributed by atoms with E-state index in [1.54, 1.807) is 6.20 Å². The zero-order valence-corrected chi connectivity index (χ0v) is 11.1. The van der Waals surface area contributed by atoms with Crippen molar-refractivity contribution in [1.82, 2.24) is 9.97 Å². The molecule has 1 N–H and O–H groups in total. The summed E-state index contributed by atoms with van der Waals surface area (Å²) < 4.78 is 22.6. The monoisotopic (exact) mass is 275 g/mol. The van der Waals surface area contributed by atoms with Crippen LogP contribution >= 0.6 is 11.6 Å². The van der Waals surface area contributed by atoms with E-state index < -0.39 is 9.84 Å². The van der Waals surface area contributed by atoms with E-state index in [1.807, 2.05) is 6.92 Å². The molecule has 1 fully saturated rings. The van der Waals surface area contributed by atoms with Gasteiger partial charge in [-0.05, 0) is 30.9 Å². The maximum absolute atomic E-state index is 11.3. The van der Waals surface area contributed by atoms with Gasteiger partial charge in [-0.1, -0.05) is 0 Å². The van der Waals surface area contributed by atoms with Gasteiger partial charge in [0.2, 0.25) is 5.28 Å². The summed E-state index contributed by atoms with van der Waals surface area (Å²) in [6.07, 6.45) is 2.36. The quantitative estimate of drug-likeness (QED) is 0.842. The van der Waals surface area contributed by atoms with Gasteiger partial charge in [0.15, 0.2) is 9.84 Å². The first-order valence-electron chi connectivity index (χ1n) is 5.40. The minimum atomic E-state index is -2.82. The van der Waals surface area contributed by atoms with Crippen molar-refractivity contribution in [1.29, 1.82) is 0 Å². The second-order valence-electron chi connectivity index (χ2n) is 4.32. The van der Waals surface area contributed by atoms with Gasteiger partial charge in [-0.3, -0.25) is 0 Å². The fourth-order valence-electron chi connectivity index (χ4n) is 1.87. The Morgan fingerprint density at radius 3 is 3.00 bits per heavy atom. The van der Waals surface area contributed by atoms with E-state index in [4.69, 9.17) is 11.6 Å². The van der Waals surface area contributed by atoms with Gasteiger partial charge >= 0.3 is 0 Å². The molecule has 94 valence electrons. The maximum atomic E-state index is 11.3. The zero-order chi connectivity index (χ0) is 12.5. The smallest absolute Gasteiger partial charge is 0.224 e. The number of rotatable bonds is 3. The first-order valence-corrected chi connectivity index (χ1v) is 7.59. The summed E-state index contributed by atoms with van der Waals surface area (Å²) in [6, 6.07) is 0. The summed E-state index contributed by atoms with van der Waals surface area (Å²) in [4.78, 5) is 7.92. The van der Waals surface area contributed by atoms with Crippen molar-refractivity contribution in [3.05, 3.63) is 17.0 Å². The molecule has 1 unspecified atom stereocenters. The zero-order valence-electron chi connectivity index (χ0n) is 9.48. The van der Waals surface area contributed by atoms with Gasteiger partial charge in [0, 0.05) is 18.3 Å². The molecule has 0 aromatic carbocycles. The number of sulfone groups is 1. The molecule has 0 saturated carbocycles. The number of aryl methyl sites for hydroxylation is 1. The molecule has 0 radical (unpaired) electrons. The Kier molecular flexibility index (Phi) is 3.53. The number of nitrogens with one attached hydrogen (secondary N) is 1. The molecule has 2 rings (SSSR count). The third-order valence-electron chi connectivity index (χ3n) is 2.83. The average Bonchev–Trinajstić information content (AvgIpc) is 2.60. The number of hydrogen-bond acceptors (Lipinski definition) is 5. The van der Waals surface area contributed by atoms with E-state index in [9.17, 15) is 8.42 Å². The molecule has 0 spiro atoms. The van der Waals surface area contributed by atoms with E-state index in [0.717, 1.165) is 5.56 Å². The Bertz CT molecular complexity index is 518. The molecule has 0 aliphatic carbocycles. The Morgan fingerprint density at radius 1 is 1.59 bits per heavy atom. The number of hydrogen-bond donors (Lipinski definition) is 1. The Hall–Kier alpha value is -0.880. The molecule has 1 saturated heterocycles. The lowest BCUT2D eigenvalue weighted by molar-refractivity contribution is 0.595. The fraction of sp³-hybridized carbons (Fsp3) is 0.600. The molecule has 1 aliphatic heterocycles. The average molecular weight is 276 g/mol. The fourth-order valence-corrected chi connectivity index (χ4v) is 3.87. The minimum absolute atomic E-state index is 0.160. The van der Waals surface area contributed by atoms with Crippen molar-refractivity contribution < 1.29 is 8.42 Å². The first-order chi connectivity index (χ1) is 7.96. The van der Waals surface area contributed by atoms with Crippen molar-refractivity contribution in [2.24, 2.45) is 5.92 Å². The maximum Gasteiger partial charge on any atom is 0.224 e. The third kappa shape index (κ3) is 3.29. The highest BCUT2D eigenvalue weighted by Gasteiger charge is 2.27. The van der Waals surface area contributed by atoms with Crippen LogP contribution in [0.15, 0.2) is 6.20 Å². The highest BCUT2D eigenvalue weighted by atomic mass is 35.5. The Labute approximate surface area is 106 Å². The summed E-state index contributed by atoms with van der Waals surface area (Å²) in [7, 11) is -2.82. The third-order valence-corrected chi connectivity index (χ3v) is 4.85. The minimum Gasteiger partial charge on any atom is -0.369 e. The van der Waals surface area contributed by atoms with Crippen LogP contribution in [0.5, 0.6) is 0 Å². The standard InChI is InChI=1S/C10H14ClN3O2S/c1-7-4-13-10(11)14-9(7)12-5-8-2-3-17(15,16)6-8/h4,8H,2-3,5-6H2,1H3,(H,12,13,14). The summed E-state index contributed by atoms with van der Waals surface area (Å²) in [5.41, 5.74) is 0.898. The second-order valence-corrected chi connectivity index (χ2v) is 6.89. The number of nitrogens with zero attached hydrogens (tertiary/aromatic N) is 2. The lowest BCUT2D eigenvalue weighted by Gasteiger charge is -2.11. The number of halogens is 1. The van der Waals surface area contributed by atoms with Gasteiger partial charge in [0.05, 0.1) is 11.5 Å². The lowest BCUT2D eigenvalue weighted by atomic mass is 10.1. The predicted molar refractivity (Wildman–Crippen MR) is 67.0 cm³/mol. The van der Waals surface area contributed by atoms with Crippen LogP contribution in [-0.4, -0.2) is 36.4 Å². The van der Waals surface area contributed by atoms with Gasteiger partial charge in [-0.15, -0.1) is 0 Å².